The third-order valence-electron chi connectivity index (χ3n) is 2.83. The van der Waals surface area contributed by atoms with Gasteiger partial charge in [0.25, 0.3) is 0 Å². The van der Waals surface area contributed by atoms with Crippen molar-refractivity contribution in [3.8, 4) is 0 Å². The summed E-state index contributed by atoms with van der Waals surface area (Å²) in [6.45, 7) is 3.22. The number of ketones is 1. The number of piperazine rings is 1. The van der Waals surface area contributed by atoms with Crippen molar-refractivity contribution in [2.24, 2.45) is 0 Å². The largest absolute Gasteiger partial charge is 0.340 e. The quantitative estimate of drug-likeness (QED) is 0.818. The van der Waals surface area contributed by atoms with Gasteiger partial charge < -0.3 is 10.2 Å². The van der Waals surface area contributed by atoms with Gasteiger partial charge in [0.2, 0.25) is 5.91 Å². The molecule has 0 atom stereocenters. The molecule has 1 aromatic rings. The molecule has 1 fully saturated rings. The molecule has 0 spiro atoms. The topological polar surface area (TPSA) is 49.4 Å². The summed E-state index contributed by atoms with van der Waals surface area (Å²) in [5.41, 5.74) is 0. The first-order valence-corrected chi connectivity index (χ1v) is 6.70. The number of rotatable bonds is 4. The van der Waals surface area contributed by atoms with Crippen LogP contribution < -0.4 is 5.32 Å². The van der Waals surface area contributed by atoms with Gasteiger partial charge >= 0.3 is 0 Å². The first-order valence-electron chi connectivity index (χ1n) is 5.82. The average molecular weight is 252 g/mol. The predicted octanol–water partition coefficient (Wildman–Crippen LogP) is 1.14. The molecule has 0 aromatic carbocycles. The maximum absolute atomic E-state index is 11.8. The Morgan fingerprint density at radius 3 is 2.71 bits per heavy atom. The molecular weight excluding hydrogens is 236 g/mol. The van der Waals surface area contributed by atoms with Crippen molar-refractivity contribution in [2.75, 3.05) is 26.2 Å². The molecule has 2 heterocycles. The second-order valence-corrected chi connectivity index (χ2v) is 4.98. The number of hydrogen-bond acceptors (Lipinski definition) is 4. The van der Waals surface area contributed by atoms with Gasteiger partial charge in [-0.2, -0.15) is 0 Å². The van der Waals surface area contributed by atoms with Crippen LogP contribution in [0.25, 0.3) is 0 Å². The second kappa shape index (κ2) is 5.93. The fraction of sp³-hybridized carbons (Fsp3) is 0.500. The van der Waals surface area contributed by atoms with E-state index in [2.05, 4.69) is 5.32 Å². The molecule has 2 rings (SSSR count). The summed E-state index contributed by atoms with van der Waals surface area (Å²) in [5.74, 6) is 0.167. The van der Waals surface area contributed by atoms with Crippen LogP contribution in [0.15, 0.2) is 17.5 Å². The van der Waals surface area contributed by atoms with Crippen LogP contribution in [0.3, 0.4) is 0 Å². The minimum absolute atomic E-state index is 0.0727. The molecule has 0 radical (unpaired) electrons. The summed E-state index contributed by atoms with van der Waals surface area (Å²) >= 11 is 1.43. The fourth-order valence-electron chi connectivity index (χ4n) is 1.85. The number of thiophene rings is 1. The van der Waals surface area contributed by atoms with Gasteiger partial charge in [-0.15, -0.1) is 11.3 Å². The Labute approximate surface area is 105 Å². The number of carbonyl (C=O) groups excluding carboxylic acids is 2. The van der Waals surface area contributed by atoms with Crippen molar-refractivity contribution in [3.63, 3.8) is 0 Å². The number of Topliss-reactive ketones (excluding diaryl/α,β-unsaturated/α-hetero) is 1. The Bertz CT molecular complexity index is 383. The van der Waals surface area contributed by atoms with Gasteiger partial charge in [0.1, 0.15) is 0 Å². The van der Waals surface area contributed by atoms with Gasteiger partial charge in [0.15, 0.2) is 5.78 Å². The van der Waals surface area contributed by atoms with Crippen LogP contribution >= 0.6 is 11.3 Å². The van der Waals surface area contributed by atoms with Crippen molar-refractivity contribution < 1.29 is 9.59 Å². The molecule has 0 saturated carbocycles. The Morgan fingerprint density at radius 1 is 1.29 bits per heavy atom. The van der Waals surface area contributed by atoms with E-state index in [1.54, 1.807) is 0 Å². The van der Waals surface area contributed by atoms with Crippen molar-refractivity contribution in [2.45, 2.75) is 12.8 Å². The third kappa shape index (κ3) is 3.38. The molecule has 0 unspecified atom stereocenters. The van der Waals surface area contributed by atoms with Crippen LogP contribution in [-0.4, -0.2) is 42.8 Å². The van der Waals surface area contributed by atoms with Crippen LogP contribution in [0.5, 0.6) is 0 Å². The van der Waals surface area contributed by atoms with E-state index in [1.807, 2.05) is 22.4 Å². The summed E-state index contributed by atoms with van der Waals surface area (Å²) in [4.78, 5) is 26.1. The number of carbonyl (C=O) groups is 2. The molecule has 4 nitrogen and oxygen atoms in total. The highest BCUT2D eigenvalue weighted by atomic mass is 32.1. The lowest BCUT2D eigenvalue weighted by molar-refractivity contribution is -0.131. The molecule has 1 aliphatic heterocycles. The van der Waals surface area contributed by atoms with Crippen molar-refractivity contribution >= 4 is 23.0 Å². The highest BCUT2D eigenvalue weighted by Crippen LogP contribution is 2.13. The van der Waals surface area contributed by atoms with E-state index in [0.29, 0.717) is 12.8 Å². The van der Waals surface area contributed by atoms with Crippen LogP contribution in [0.1, 0.15) is 22.5 Å². The van der Waals surface area contributed by atoms with E-state index in [-0.39, 0.29) is 11.7 Å². The molecule has 1 aliphatic rings. The first kappa shape index (κ1) is 12.3. The molecule has 1 N–H and O–H groups in total. The van der Waals surface area contributed by atoms with Gasteiger partial charge in [-0.3, -0.25) is 9.59 Å². The molecule has 1 aromatic heterocycles. The van der Waals surface area contributed by atoms with Crippen LogP contribution in [0.4, 0.5) is 0 Å². The van der Waals surface area contributed by atoms with Gasteiger partial charge in [0.05, 0.1) is 4.88 Å². The molecular formula is C12H16N2O2S. The van der Waals surface area contributed by atoms with Gasteiger partial charge in [-0.25, -0.2) is 0 Å². The Kier molecular flexibility index (Phi) is 4.28. The molecule has 0 bridgehead atoms. The van der Waals surface area contributed by atoms with Crippen molar-refractivity contribution in [1.82, 2.24) is 10.2 Å². The van der Waals surface area contributed by atoms with Gasteiger partial charge in [0, 0.05) is 39.0 Å². The number of amides is 1. The molecule has 0 aliphatic carbocycles. The molecule has 5 heteroatoms. The normalized spacial score (nSPS) is 15.9. The maximum Gasteiger partial charge on any atom is 0.223 e. The van der Waals surface area contributed by atoms with E-state index in [1.165, 1.54) is 11.3 Å². The highest BCUT2D eigenvalue weighted by Gasteiger charge is 2.17. The minimum Gasteiger partial charge on any atom is -0.340 e. The molecule has 17 heavy (non-hydrogen) atoms. The average Bonchev–Trinajstić information content (AvgIpc) is 2.90. The van der Waals surface area contributed by atoms with E-state index in [4.69, 9.17) is 0 Å². The van der Waals surface area contributed by atoms with Crippen LogP contribution in [0.2, 0.25) is 0 Å². The van der Waals surface area contributed by atoms with Crippen molar-refractivity contribution in [3.05, 3.63) is 22.4 Å². The van der Waals surface area contributed by atoms with Gasteiger partial charge in [-0.05, 0) is 11.4 Å². The fourth-order valence-corrected chi connectivity index (χ4v) is 2.55. The summed E-state index contributed by atoms with van der Waals surface area (Å²) in [7, 11) is 0. The van der Waals surface area contributed by atoms with E-state index in [9.17, 15) is 9.59 Å². The third-order valence-corrected chi connectivity index (χ3v) is 3.74. The van der Waals surface area contributed by atoms with Crippen molar-refractivity contribution in [1.29, 1.82) is 0 Å². The van der Waals surface area contributed by atoms with Crippen LogP contribution in [0, 0.1) is 0 Å². The lowest BCUT2D eigenvalue weighted by atomic mass is 10.1. The Balaban J connectivity index is 1.77. The standard InChI is InChI=1S/C12H16N2O2S/c15-10(11-2-1-9-17-11)3-4-12(16)14-7-5-13-6-8-14/h1-2,9,13H,3-8H2. The van der Waals surface area contributed by atoms with E-state index in [0.717, 1.165) is 31.1 Å². The lowest BCUT2D eigenvalue weighted by Gasteiger charge is -2.27. The monoisotopic (exact) mass is 252 g/mol. The Hall–Kier alpha value is -1.20. The van der Waals surface area contributed by atoms with E-state index < -0.39 is 0 Å². The number of nitrogens with zero attached hydrogens (tertiary/aromatic N) is 1. The summed E-state index contributed by atoms with van der Waals surface area (Å²) in [6, 6.07) is 3.66. The zero-order valence-electron chi connectivity index (χ0n) is 9.65. The first-order chi connectivity index (χ1) is 8.27. The number of hydrogen-bond donors (Lipinski definition) is 1. The maximum atomic E-state index is 11.8. The SMILES string of the molecule is O=C(CCC(=O)N1CCNCC1)c1cccs1. The Morgan fingerprint density at radius 2 is 2.06 bits per heavy atom. The van der Waals surface area contributed by atoms with E-state index >= 15 is 0 Å². The summed E-state index contributed by atoms with van der Waals surface area (Å²) < 4.78 is 0. The second-order valence-electron chi connectivity index (χ2n) is 4.03. The lowest BCUT2D eigenvalue weighted by Crippen LogP contribution is -2.46. The summed E-state index contributed by atoms with van der Waals surface area (Å²) in [6.07, 6.45) is 0.653. The van der Waals surface area contributed by atoms with Gasteiger partial charge in [-0.1, -0.05) is 6.07 Å². The minimum atomic E-state index is 0.0727. The molecule has 1 amide bonds. The zero-order valence-corrected chi connectivity index (χ0v) is 10.5. The molecule has 1 saturated heterocycles. The smallest absolute Gasteiger partial charge is 0.223 e. The molecule has 92 valence electrons. The number of nitrogens with one attached hydrogen (secondary N) is 1. The van der Waals surface area contributed by atoms with Crippen LogP contribution in [-0.2, 0) is 4.79 Å². The highest BCUT2D eigenvalue weighted by molar-refractivity contribution is 7.12. The summed E-state index contributed by atoms with van der Waals surface area (Å²) in [5, 5.41) is 5.08. The predicted molar refractivity (Wildman–Crippen MR) is 67.3 cm³/mol. The zero-order chi connectivity index (χ0) is 12.1.